The minimum absolute atomic E-state index is 0.0834. The summed E-state index contributed by atoms with van der Waals surface area (Å²) in [6.07, 6.45) is 0. The van der Waals surface area contributed by atoms with E-state index in [-0.39, 0.29) is 11.1 Å². The quantitative estimate of drug-likeness (QED) is 0.804. The molecule has 0 saturated heterocycles. The summed E-state index contributed by atoms with van der Waals surface area (Å²) >= 11 is 0. The molecule has 5 nitrogen and oxygen atoms in total. The number of benzene rings is 2. The normalized spacial score (nSPS) is 10.6. The molecule has 0 aliphatic heterocycles. The van der Waals surface area contributed by atoms with Gasteiger partial charge in [-0.2, -0.15) is 0 Å². The van der Waals surface area contributed by atoms with Crippen LogP contribution in [0, 0.1) is 0 Å². The predicted molar refractivity (Wildman–Crippen MR) is 82.7 cm³/mol. The van der Waals surface area contributed by atoms with Crippen molar-refractivity contribution in [2.75, 3.05) is 14.2 Å². The van der Waals surface area contributed by atoms with Crippen molar-refractivity contribution in [2.24, 2.45) is 0 Å². The predicted octanol–water partition coefficient (Wildman–Crippen LogP) is 3.18. The minimum Gasteiger partial charge on any atom is -0.502 e. The Labute approximate surface area is 126 Å². The lowest BCUT2D eigenvalue weighted by molar-refractivity contribution is 0.411. The van der Waals surface area contributed by atoms with Crippen molar-refractivity contribution in [3.8, 4) is 28.6 Å². The van der Waals surface area contributed by atoms with Crippen LogP contribution in [0.25, 0.3) is 22.3 Å². The third-order valence-electron chi connectivity index (χ3n) is 3.43. The Morgan fingerprint density at radius 1 is 1.05 bits per heavy atom. The maximum atomic E-state index is 12.4. The molecule has 3 aromatic rings. The molecule has 112 valence electrons. The minimum atomic E-state index is -0.513. The molecule has 0 aliphatic rings. The molecule has 3 rings (SSSR count). The Morgan fingerprint density at radius 3 is 2.55 bits per heavy atom. The lowest BCUT2D eigenvalue weighted by atomic mass is 10.1. The highest BCUT2D eigenvalue weighted by Crippen LogP contribution is 2.36. The van der Waals surface area contributed by atoms with E-state index in [4.69, 9.17) is 13.9 Å². The second-order valence-electron chi connectivity index (χ2n) is 4.67. The molecule has 0 amide bonds. The Kier molecular flexibility index (Phi) is 3.47. The van der Waals surface area contributed by atoms with Gasteiger partial charge in [0.25, 0.3) is 0 Å². The van der Waals surface area contributed by atoms with Crippen LogP contribution in [-0.2, 0) is 0 Å². The van der Waals surface area contributed by atoms with Crippen LogP contribution in [-0.4, -0.2) is 19.3 Å². The van der Waals surface area contributed by atoms with E-state index >= 15 is 0 Å². The zero-order valence-corrected chi connectivity index (χ0v) is 12.1. The summed E-state index contributed by atoms with van der Waals surface area (Å²) in [4.78, 5) is 12.4. The van der Waals surface area contributed by atoms with Gasteiger partial charge in [-0.3, -0.25) is 4.79 Å². The Balaban J connectivity index is 2.32. The molecule has 0 spiro atoms. The first-order chi connectivity index (χ1) is 10.7. The van der Waals surface area contributed by atoms with Crippen LogP contribution in [0.3, 0.4) is 0 Å². The molecule has 0 fully saturated rings. The first-order valence-electron chi connectivity index (χ1n) is 6.63. The average molecular weight is 298 g/mol. The maximum Gasteiger partial charge on any atom is 0.235 e. The molecule has 0 bridgehead atoms. The Hall–Kier alpha value is -2.95. The monoisotopic (exact) mass is 298 g/mol. The second kappa shape index (κ2) is 5.44. The molecule has 2 aromatic carbocycles. The van der Waals surface area contributed by atoms with E-state index < -0.39 is 11.2 Å². The summed E-state index contributed by atoms with van der Waals surface area (Å²) in [6.45, 7) is 0. The van der Waals surface area contributed by atoms with Gasteiger partial charge >= 0.3 is 0 Å². The van der Waals surface area contributed by atoms with Crippen molar-refractivity contribution < 1.29 is 19.0 Å². The van der Waals surface area contributed by atoms with Crippen molar-refractivity contribution in [1.29, 1.82) is 0 Å². The molecule has 1 heterocycles. The smallest absolute Gasteiger partial charge is 0.235 e. The van der Waals surface area contributed by atoms with Crippen LogP contribution in [0.5, 0.6) is 17.2 Å². The van der Waals surface area contributed by atoms with Gasteiger partial charge in [0.2, 0.25) is 11.2 Å². The largest absolute Gasteiger partial charge is 0.502 e. The first kappa shape index (κ1) is 14.0. The number of fused-ring (bicyclic) bond motifs is 1. The molecule has 1 N–H and O–H groups in total. The van der Waals surface area contributed by atoms with Crippen molar-refractivity contribution >= 4 is 11.0 Å². The molecule has 0 aliphatic carbocycles. The third-order valence-corrected chi connectivity index (χ3v) is 3.43. The lowest BCUT2D eigenvalue weighted by Gasteiger charge is -2.10. The average Bonchev–Trinajstić information content (AvgIpc) is 2.57. The van der Waals surface area contributed by atoms with Gasteiger partial charge in [0.05, 0.1) is 25.2 Å². The zero-order chi connectivity index (χ0) is 15.7. The van der Waals surface area contributed by atoms with Crippen LogP contribution in [0.2, 0.25) is 0 Å². The van der Waals surface area contributed by atoms with Gasteiger partial charge < -0.3 is 19.0 Å². The summed E-state index contributed by atoms with van der Waals surface area (Å²) in [5.74, 6) is 0.656. The van der Waals surface area contributed by atoms with Gasteiger partial charge in [0.1, 0.15) is 17.1 Å². The topological polar surface area (TPSA) is 68.9 Å². The highest BCUT2D eigenvalue weighted by atomic mass is 16.5. The fraction of sp³-hybridized carbons (Fsp3) is 0.118. The van der Waals surface area contributed by atoms with Gasteiger partial charge in [0, 0.05) is 0 Å². The Morgan fingerprint density at radius 2 is 1.82 bits per heavy atom. The van der Waals surface area contributed by atoms with Crippen molar-refractivity contribution in [1.82, 2.24) is 0 Å². The number of hydrogen-bond acceptors (Lipinski definition) is 5. The summed E-state index contributed by atoms with van der Waals surface area (Å²) in [5, 5.41) is 10.5. The Bertz CT molecular complexity index is 895. The van der Waals surface area contributed by atoms with Crippen LogP contribution < -0.4 is 14.9 Å². The van der Waals surface area contributed by atoms with E-state index in [1.807, 2.05) is 0 Å². The summed E-state index contributed by atoms with van der Waals surface area (Å²) < 4.78 is 16.1. The molecule has 0 unspecified atom stereocenters. The number of rotatable bonds is 3. The standard InChI is InChI=1S/C17H14O5/c1-20-10-7-8-14-12(9-10)15(18)16(19)17(22-14)11-5-3-4-6-13(11)21-2/h3-9,19H,1-2H3. The second-order valence-corrected chi connectivity index (χ2v) is 4.67. The van der Waals surface area contributed by atoms with Crippen LogP contribution in [0.15, 0.2) is 51.7 Å². The molecular weight excluding hydrogens is 284 g/mol. The molecule has 0 atom stereocenters. The van der Waals surface area contributed by atoms with Crippen LogP contribution >= 0.6 is 0 Å². The van der Waals surface area contributed by atoms with Gasteiger partial charge in [-0.25, -0.2) is 0 Å². The first-order valence-corrected chi connectivity index (χ1v) is 6.63. The van der Waals surface area contributed by atoms with Gasteiger partial charge in [-0.05, 0) is 30.3 Å². The van der Waals surface area contributed by atoms with E-state index in [1.165, 1.54) is 20.3 Å². The van der Waals surface area contributed by atoms with Crippen molar-refractivity contribution in [3.63, 3.8) is 0 Å². The van der Waals surface area contributed by atoms with E-state index in [0.717, 1.165) is 0 Å². The van der Waals surface area contributed by atoms with E-state index in [0.29, 0.717) is 22.6 Å². The lowest BCUT2D eigenvalue weighted by Crippen LogP contribution is -2.03. The molecule has 0 radical (unpaired) electrons. The number of para-hydroxylation sites is 1. The van der Waals surface area contributed by atoms with E-state index in [1.54, 1.807) is 36.4 Å². The van der Waals surface area contributed by atoms with Gasteiger partial charge in [-0.15, -0.1) is 0 Å². The van der Waals surface area contributed by atoms with Crippen LogP contribution in [0.1, 0.15) is 0 Å². The summed E-state index contributed by atoms with van der Waals surface area (Å²) in [7, 11) is 3.02. The molecule has 1 aromatic heterocycles. The fourth-order valence-corrected chi connectivity index (χ4v) is 2.31. The van der Waals surface area contributed by atoms with Gasteiger partial charge in [0.15, 0.2) is 5.76 Å². The molecule has 0 saturated carbocycles. The number of aromatic hydroxyl groups is 1. The molecule has 5 heteroatoms. The number of hydrogen-bond donors (Lipinski definition) is 1. The summed E-state index contributed by atoms with van der Waals surface area (Å²) in [6, 6.07) is 11.9. The maximum absolute atomic E-state index is 12.4. The van der Waals surface area contributed by atoms with Crippen molar-refractivity contribution in [2.45, 2.75) is 0 Å². The van der Waals surface area contributed by atoms with E-state index in [2.05, 4.69) is 0 Å². The SMILES string of the molecule is COc1ccc2oc(-c3ccccc3OC)c(O)c(=O)c2c1. The number of ether oxygens (including phenoxy) is 2. The zero-order valence-electron chi connectivity index (χ0n) is 12.1. The fourth-order valence-electron chi connectivity index (χ4n) is 2.31. The van der Waals surface area contributed by atoms with Crippen molar-refractivity contribution in [3.05, 3.63) is 52.7 Å². The number of methoxy groups -OCH3 is 2. The third kappa shape index (κ3) is 2.16. The summed E-state index contributed by atoms with van der Waals surface area (Å²) in [5.41, 5.74) is 0.364. The highest BCUT2D eigenvalue weighted by molar-refractivity contribution is 5.84. The molecule has 22 heavy (non-hydrogen) atoms. The van der Waals surface area contributed by atoms with E-state index in [9.17, 15) is 9.90 Å². The highest BCUT2D eigenvalue weighted by Gasteiger charge is 2.18. The molecular formula is C17H14O5. The van der Waals surface area contributed by atoms with Gasteiger partial charge in [-0.1, -0.05) is 12.1 Å². The van der Waals surface area contributed by atoms with Crippen LogP contribution in [0.4, 0.5) is 0 Å².